The molecule has 1 amide bonds. The molecule has 0 aliphatic carbocycles. The third-order valence-corrected chi connectivity index (χ3v) is 3.48. The molecule has 0 saturated carbocycles. The molecule has 1 aliphatic heterocycles. The molecule has 0 spiro atoms. The van der Waals surface area contributed by atoms with Crippen LogP contribution in [0.4, 0.5) is 0 Å². The van der Waals surface area contributed by atoms with Gasteiger partial charge in [0.15, 0.2) is 0 Å². The summed E-state index contributed by atoms with van der Waals surface area (Å²) in [5.74, 6) is 0.217. The lowest BCUT2D eigenvalue weighted by Gasteiger charge is -2.26. The van der Waals surface area contributed by atoms with Crippen LogP contribution in [0.15, 0.2) is 11.4 Å². The zero-order valence-electron chi connectivity index (χ0n) is 8.45. The summed E-state index contributed by atoms with van der Waals surface area (Å²) in [5.41, 5.74) is 0.870. The fourth-order valence-corrected chi connectivity index (χ4v) is 2.51. The predicted molar refractivity (Wildman–Crippen MR) is 58.8 cm³/mol. The summed E-state index contributed by atoms with van der Waals surface area (Å²) in [5, 5.41) is 1.96. The van der Waals surface area contributed by atoms with E-state index in [0.29, 0.717) is 0 Å². The summed E-state index contributed by atoms with van der Waals surface area (Å²) >= 11 is 1.65. The molecule has 1 fully saturated rings. The van der Waals surface area contributed by atoms with Gasteiger partial charge in [-0.05, 0) is 32.3 Å². The number of amides is 1. The second-order valence-electron chi connectivity index (χ2n) is 3.80. The monoisotopic (exact) mass is 209 g/mol. The Morgan fingerprint density at radius 2 is 2.07 bits per heavy atom. The van der Waals surface area contributed by atoms with Gasteiger partial charge in [0.25, 0.3) is 5.91 Å². The first kappa shape index (κ1) is 9.71. The molecule has 2 rings (SSSR count). The molecule has 0 N–H and O–H groups in total. The lowest BCUT2D eigenvalue weighted by atomic mass is 10.1. The van der Waals surface area contributed by atoms with Gasteiger partial charge >= 0.3 is 0 Å². The molecule has 2 nitrogen and oxygen atoms in total. The van der Waals surface area contributed by atoms with E-state index in [1.54, 1.807) is 11.3 Å². The third kappa shape index (κ3) is 1.98. The molecule has 0 bridgehead atoms. The maximum atomic E-state index is 11.9. The minimum atomic E-state index is 0.217. The van der Waals surface area contributed by atoms with Crippen molar-refractivity contribution in [3.63, 3.8) is 0 Å². The van der Waals surface area contributed by atoms with Gasteiger partial charge < -0.3 is 4.90 Å². The number of likely N-dealkylation sites (tertiary alicyclic amines) is 1. The van der Waals surface area contributed by atoms with Gasteiger partial charge in [0.2, 0.25) is 0 Å². The van der Waals surface area contributed by atoms with E-state index < -0.39 is 0 Å². The Bertz CT molecular complexity index is 326. The van der Waals surface area contributed by atoms with Crippen LogP contribution in [0.25, 0.3) is 0 Å². The van der Waals surface area contributed by atoms with Crippen LogP contribution in [0.3, 0.4) is 0 Å². The molecule has 0 radical (unpaired) electrons. The Morgan fingerprint density at radius 3 is 2.64 bits per heavy atom. The summed E-state index contributed by atoms with van der Waals surface area (Å²) in [6.45, 7) is 3.92. The van der Waals surface area contributed by atoms with E-state index in [0.717, 1.165) is 31.5 Å². The van der Waals surface area contributed by atoms with Gasteiger partial charge in [-0.15, -0.1) is 11.3 Å². The third-order valence-electron chi connectivity index (χ3n) is 2.62. The minimum absolute atomic E-state index is 0.217. The Kier molecular flexibility index (Phi) is 2.87. The van der Waals surface area contributed by atoms with Crippen LogP contribution in [0, 0.1) is 6.92 Å². The van der Waals surface area contributed by atoms with Crippen LogP contribution in [0.2, 0.25) is 0 Å². The summed E-state index contributed by atoms with van der Waals surface area (Å²) in [7, 11) is 0. The van der Waals surface area contributed by atoms with E-state index in [9.17, 15) is 4.79 Å². The first-order valence-electron chi connectivity index (χ1n) is 5.12. The molecule has 1 saturated heterocycles. The van der Waals surface area contributed by atoms with Gasteiger partial charge in [0.05, 0.1) is 5.56 Å². The summed E-state index contributed by atoms with van der Waals surface area (Å²) in [6.07, 6.45) is 3.59. The fraction of sp³-hybridized carbons (Fsp3) is 0.545. The van der Waals surface area contributed by atoms with Crippen LogP contribution < -0.4 is 0 Å². The maximum absolute atomic E-state index is 11.9. The summed E-state index contributed by atoms with van der Waals surface area (Å²) in [4.78, 5) is 15.1. The van der Waals surface area contributed by atoms with E-state index in [-0.39, 0.29) is 5.91 Å². The van der Waals surface area contributed by atoms with Gasteiger partial charge in [-0.1, -0.05) is 0 Å². The number of carbonyl (C=O) groups excluding carboxylic acids is 1. The molecule has 0 unspecified atom stereocenters. The van der Waals surface area contributed by atoms with Crippen molar-refractivity contribution in [2.75, 3.05) is 13.1 Å². The Morgan fingerprint density at radius 1 is 1.36 bits per heavy atom. The predicted octanol–water partition coefficient (Wildman–Crippen LogP) is 2.68. The van der Waals surface area contributed by atoms with Crippen molar-refractivity contribution >= 4 is 17.2 Å². The zero-order valence-corrected chi connectivity index (χ0v) is 9.27. The smallest absolute Gasteiger partial charge is 0.254 e. The summed E-state index contributed by atoms with van der Waals surface area (Å²) < 4.78 is 0. The lowest BCUT2D eigenvalue weighted by molar-refractivity contribution is 0.0725. The highest BCUT2D eigenvalue weighted by atomic mass is 32.1. The van der Waals surface area contributed by atoms with Crippen LogP contribution in [0.5, 0.6) is 0 Å². The molecule has 1 aromatic rings. The topological polar surface area (TPSA) is 20.3 Å². The average Bonchev–Trinajstić information content (AvgIpc) is 2.65. The van der Waals surface area contributed by atoms with E-state index in [2.05, 4.69) is 0 Å². The normalized spacial score (nSPS) is 17.1. The quantitative estimate of drug-likeness (QED) is 0.696. The van der Waals surface area contributed by atoms with Crippen LogP contribution in [0.1, 0.15) is 34.5 Å². The van der Waals surface area contributed by atoms with Gasteiger partial charge in [-0.25, -0.2) is 0 Å². The average molecular weight is 209 g/mol. The zero-order chi connectivity index (χ0) is 9.97. The number of rotatable bonds is 1. The summed E-state index contributed by atoms with van der Waals surface area (Å²) in [6, 6.07) is 1.99. The maximum Gasteiger partial charge on any atom is 0.254 e. The number of aryl methyl sites for hydroxylation is 1. The molecule has 0 atom stereocenters. The minimum Gasteiger partial charge on any atom is -0.339 e. The Labute approximate surface area is 88.5 Å². The fourth-order valence-electron chi connectivity index (χ4n) is 1.84. The first-order chi connectivity index (χ1) is 6.77. The number of piperidine rings is 1. The first-order valence-corrected chi connectivity index (χ1v) is 6.00. The van der Waals surface area contributed by atoms with Crippen molar-refractivity contribution in [1.29, 1.82) is 0 Å². The highest BCUT2D eigenvalue weighted by molar-refractivity contribution is 7.10. The van der Waals surface area contributed by atoms with Crippen LogP contribution in [-0.2, 0) is 0 Å². The molecule has 2 heterocycles. The van der Waals surface area contributed by atoms with Crippen molar-refractivity contribution in [2.24, 2.45) is 0 Å². The van der Waals surface area contributed by atoms with Gasteiger partial charge in [0.1, 0.15) is 0 Å². The van der Waals surface area contributed by atoms with Crippen molar-refractivity contribution in [3.8, 4) is 0 Å². The van der Waals surface area contributed by atoms with E-state index in [4.69, 9.17) is 0 Å². The van der Waals surface area contributed by atoms with E-state index in [1.165, 1.54) is 11.3 Å². The molecule has 1 aliphatic rings. The largest absolute Gasteiger partial charge is 0.339 e. The van der Waals surface area contributed by atoms with Crippen LogP contribution in [-0.4, -0.2) is 23.9 Å². The van der Waals surface area contributed by atoms with Crippen molar-refractivity contribution in [1.82, 2.24) is 4.90 Å². The number of hydrogen-bond donors (Lipinski definition) is 0. The van der Waals surface area contributed by atoms with E-state index in [1.807, 2.05) is 23.3 Å². The molecule has 1 aromatic heterocycles. The number of carbonyl (C=O) groups is 1. The second-order valence-corrected chi connectivity index (χ2v) is 4.91. The molecule has 14 heavy (non-hydrogen) atoms. The molecule has 3 heteroatoms. The van der Waals surface area contributed by atoms with E-state index >= 15 is 0 Å². The number of thiophene rings is 1. The second kappa shape index (κ2) is 4.13. The van der Waals surface area contributed by atoms with Crippen molar-refractivity contribution in [3.05, 3.63) is 21.9 Å². The SMILES string of the molecule is Cc1cc(C(=O)N2CCCCC2)cs1. The van der Waals surface area contributed by atoms with Gasteiger partial charge in [-0.3, -0.25) is 4.79 Å². The lowest BCUT2D eigenvalue weighted by Crippen LogP contribution is -2.35. The highest BCUT2D eigenvalue weighted by Gasteiger charge is 2.18. The Balaban J connectivity index is 2.07. The van der Waals surface area contributed by atoms with Crippen LogP contribution >= 0.6 is 11.3 Å². The molecule has 0 aromatic carbocycles. The molecular formula is C11H15NOS. The standard InChI is InChI=1S/C11H15NOS/c1-9-7-10(8-14-9)11(13)12-5-3-2-4-6-12/h7-8H,2-6H2,1H3. The van der Waals surface area contributed by atoms with Gasteiger partial charge in [0, 0.05) is 23.3 Å². The number of nitrogens with zero attached hydrogens (tertiary/aromatic N) is 1. The number of hydrogen-bond acceptors (Lipinski definition) is 2. The molecular weight excluding hydrogens is 194 g/mol. The Hall–Kier alpha value is -0.830. The molecule has 76 valence electrons. The van der Waals surface area contributed by atoms with Crippen molar-refractivity contribution < 1.29 is 4.79 Å². The van der Waals surface area contributed by atoms with Crippen molar-refractivity contribution in [2.45, 2.75) is 26.2 Å². The highest BCUT2D eigenvalue weighted by Crippen LogP contribution is 2.17. The van der Waals surface area contributed by atoms with Gasteiger partial charge in [-0.2, -0.15) is 0 Å².